The average Bonchev–Trinajstić information content (AvgIpc) is 3.05. The van der Waals surface area contributed by atoms with Gasteiger partial charge in [-0.3, -0.25) is 10.1 Å². The van der Waals surface area contributed by atoms with E-state index in [-0.39, 0.29) is 5.69 Å². The Kier molecular flexibility index (Phi) is 3.63. The van der Waals surface area contributed by atoms with Crippen molar-refractivity contribution in [3.8, 4) is 22.7 Å². The van der Waals surface area contributed by atoms with E-state index < -0.39 is 4.92 Å². The molecule has 1 aromatic heterocycles. The number of rotatable bonds is 4. The summed E-state index contributed by atoms with van der Waals surface area (Å²) in [6.45, 7) is 0. The molecule has 0 amide bonds. The van der Waals surface area contributed by atoms with E-state index in [1.54, 1.807) is 42.3 Å². The molecule has 2 aromatic carbocycles. The maximum Gasteiger partial charge on any atom is 0.269 e. The van der Waals surface area contributed by atoms with Gasteiger partial charge in [0.15, 0.2) is 0 Å². The fourth-order valence-corrected chi connectivity index (χ4v) is 2.14. The lowest BCUT2D eigenvalue weighted by molar-refractivity contribution is -0.384. The molecule has 0 spiro atoms. The first-order valence-corrected chi connectivity index (χ1v) is 6.69. The van der Waals surface area contributed by atoms with Crippen LogP contribution in [0.15, 0.2) is 48.7 Å². The predicted molar refractivity (Wildman–Crippen MR) is 84.4 cm³/mol. The third-order valence-corrected chi connectivity index (χ3v) is 3.35. The first-order chi connectivity index (χ1) is 11.1. The minimum absolute atomic E-state index is 0.0315. The predicted octanol–water partition coefficient (Wildman–Crippen LogP) is 2.43. The number of hydrogen-bond acceptors (Lipinski definition) is 6. The quantitative estimate of drug-likeness (QED) is 0.450. The summed E-state index contributed by atoms with van der Waals surface area (Å²) in [5.41, 5.74) is 8.50. The van der Waals surface area contributed by atoms with Gasteiger partial charge in [-0.25, -0.2) is 4.68 Å². The van der Waals surface area contributed by atoms with Gasteiger partial charge in [0.25, 0.3) is 5.69 Å². The third-order valence-electron chi connectivity index (χ3n) is 3.35. The molecule has 2 N–H and O–H groups in total. The monoisotopic (exact) mass is 311 g/mol. The van der Waals surface area contributed by atoms with Crippen LogP contribution in [-0.4, -0.2) is 27.0 Å². The number of nitrogens with two attached hydrogens (primary N) is 1. The summed E-state index contributed by atoms with van der Waals surface area (Å²) in [6, 6.07) is 11.4. The summed E-state index contributed by atoms with van der Waals surface area (Å²) in [7, 11) is 1.55. The molecule has 0 aliphatic heterocycles. The van der Waals surface area contributed by atoms with Crippen molar-refractivity contribution in [3.05, 3.63) is 58.8 Å². The average molecular weight is 311 g/mol. The number of aromatic nitrogens is 3. The highest BCUT2D eigenvalue weighted by atomic mass is 16.6. The van der Waals surface area contributed by atoms with Crippen molar-refractivity contribution in [2.75, 3.05) is 12.8 Å². The molecule has 23 heavy (non-hydrogen) atoms. The van der Waals surface area contributed by atoms with Crippen LogP contribution in [0.2, 0.25) is 0 Å². The SMILES string of the molecule is COc1ccc(-n2cc(-c3ccc([N+](=O)[O-])cc3)nn2)cc1N. The molecule has 3 aromatic rings. The van der Waals surface area contributed by atoms with Crippen molar-refractivity contribution in [1.29, 1.82) is 0 Å². The van der Waals surface area contributed by atoms with Crippen LogP contribution in [0.25, 0.3) is 16.9 Å². The minimum atomic E-state index is -0.444. The molecule has 0 aliphatic rings. The Morgan fingerprint density at radius 2 is 1.96 bits per heavy atom. The number of nitro groups is 1. The molecular weight excluding hydrogens is 298 g/mol. The Balaban J connectivity index is 1.91. The molecular formula is C15H13N5O3. The summed E-state index contributed by atoms with van der Waals surface area (Å²) in [4.78, 5) is 10.2. The van der Waals surface area contributed by atoms with E-state index >= 15 is 0 Å². The van der Waals surface area contributed by atoms with E-state index in [0.29, 0.717) is 17.1 Å². The molecule has 116 valence electrons. The molecule has 0 saturated heterocycles. The highest BCUT2D eigenvalue weighted by molar-refractivity contribution is 5.61. The molecule has 0 atom stereocenters. The van der Waals surface area contributed by atoms with Crippen molar-refractivity contribution >= 4 is 11.4 Å². The number of hydrogen-bond donors (Lipinski definition) is 1. The second-order valence-electron chi connectivity index (χ2n) is 4.78. The lowest BCUT2D eigenvalue weighted by Gasteiger charge is -2.06. The van der Waals surface area contributed by atoms with Gasteiger partial charge in [0.2, 0.25) is 0 Å². The Bertz CT molecular complexity index is 858. The van der Waals surface area contributed by atoms with Gasteiger partial charge in [-0.15, -0.1) is 5.10 Å². The van der Waals surface area contributed by atoms with Gasteiger partial charge >= 0.3 is 0 Å². The highest BCUT2D eigenvalue weighted by Gasteiger charge is 2.09. The molecule has 0 fully saturated rings. The number of non-ortho nitro benzene ring substituents is 1. The molecule has 0 saturated carbocycles. The lowest BCUT2D eigenvalue weighted by atomic mass is 10.1. The summed E-state index contributed by atoms with van der Waals surface area (Å²) in [6.07, 6.45) is 1.72. The summed E-state index contributed by atoms with van der Waals surface area (Å²) in [5.74, 6) is 0.587. The maximum absolute atomic E-state index is 10.7. The molecule has 8 nitrogen and oxygen atoms in total. The summed E-state index contributed by atoms with van der Waals surface area (Å²) >= 11 is 0. The van der Waals surface area contributed by atoms with E-state index in [4.69, 9.17) is 10.5 Å². The zero-order valence-corrected chi connectivity index (χ0v) is 12.2. The van der Waals surface area contributed by atoms with Gasteiger partial charge in [-0.05, 0) is 30.3 Å². The molecule has 8 heteroatoms. The number of anilines is 1. The van der Waals surface area contributed by atoms with Crippen LogP contribution in [0.3, 0.4) is 0 Å². The second kappa shape index (κ2) is 5.76. The zero-order valence-electron chi connectivity index (χ0n) is 12.2. The van der Waals surface area contributed by atoms with Crippen molar-refractivity contribution in [2.45, 2.75) is 0 Å². The summed E-state index contributed by atoms with van der Waals surface area (Å²) < 4.78 is 6.69. The van der Waals surface area contributed by atoms with Crippen LogP contribution in [0, 0.1) is 10.1 Å². The number of nitrogens with zero attached hydrogens (tertiary/aromatic N) is 4. The van der Waals surface area contributed by atoms with Gasteiger partial charge in [-0.1, -0.05) is 5.21 Å². The number of nitro benzene ring substituents is 1. The standard InChI is InChI=1S/C15H13N5O3/c1-23-15-7-6-12(8-13(15)16)19-9-14(17-18-19)10-2-4-11(5-3-10)20(21)22/h2-9H,16H2,1H3. The van der Waals surface area contributed by atoms with Crippen LogP contribution < -0.4 is 10.5 Å². The van der Waals surface area contributed by atoms with Gasteiger partial charge in [-0.2, -0.15) is 0 Å². The van der Waals surface area contributed by atoms with Gasteiger partial charge in [0.1, 0.15) is 11.4 Å². The van der Waals surface area contributed by atoms with Gasteiger partial charge < -0.3 is 10.5 Å². The van der Waals surface area contributed by atoms with E-state index in [9.17, 15) is 10.1 Å². The van der Waals surface area contributed by atoms with E-state index in [1.165, 1.54) is 12.1 Å². The molecule has 3 rings (SSSR count). The molecule has 0 radical (unpaired) electrons. The van der Waals surface area contributed by atoms with Crippen molar-refractivity contribution in [1.82, 2.24) is 15.0 Å². The highest BCUT2D eigenvalue weighted by Crippen LogP contribution is 2.25. The molecule has 0 bridgehead atoms. The summed E-state index contributed by atoms with van der Waals surface area (Å²) in [5, 5.41) is 18.8. The van der Waals surface area contributed by atoms with E-state index in [1.807, 2.05) is 6.07 Å². The van der Waals surface area contributed by atoms with Crippen molar-refractivity contribution < 1.29 is 9.66 Å². The Morgan fingerprint density at radius 1 is 1.22 bits per heavy atom. The first-order valence-electron chi connectivity index (χ1n) is 6.69. The smallest absolute Gasteiger partial charge is 0.269 e. The first kappa shape index (κ1) is 14.5. The maximum atomic E-state index is 10.7. The molecule has 0 unspecified atom stereocenters. The van der Waals surface area contributed by atoms with Crippen molar-refractivity contribution in [3.63, 3.8) is 0 Å². The molecule has 0 aliphatic carbocycles. The van der Waals surface area contributed by atoms with Crippen molar-refractivity contribution in [2.24, 2.45) is 0 Å². The van der Waals surface area contributed by atoms with Gasteiger partial charge in [0.05, 0.1) is 29.6 Å². The van der Waals surface area contributed by atoms with Crippen LogP contribution in [-0.2, 0) is 0 Å². The second-order valence-corrected chi connectivity index (χ2v) is 4.78. The van der Waals surface area contributed by atoms with E-state index in [0.717, 1.165) is 11.3 Å². The number of benzene rings is 2. The van der Waals surface area contributed by atoms with Crippen LogP contribution in [0.1, 0.15) is 0 Å². The van der Waals surface area contributed by atoms with Gasteiger partial charge in [0, 0.05) is 17.7 Å². The van der Waals surface area contributed by atoms with E-state index in [2.05, 4.69) is 10.3 Å². The number of ether oxygens (including phenoxy) is 1. The normalized spacial score (nSPS) is 10.5. The lowest BCUT2D eigenvalue weighted by Crippen LogP contribution is -1.98. The fraction of sp³-hybridized carbons (Fsp3) is 0.0667. The van der Waals surface area contributed by atoms with Crippen LogP contribution in [0.4, 0.5) is 11.4 Å². The minimum Gasteiger partial charge on any atom is -0.495 e. The topological polar surface area (TPSA) is 109 Å². The number of methoxy groups -OCH3 is 1. The zero-order chi connectivity index (χ0) is 16.4. The molecule has 1 heterocycles. The third kappa shape index (κ3) is 2.82. The Morgan fingerprint density at radius 3 is 2.57 bits per heavy atom. The Hall–Kier alpha value is -3.42. The van der Waals surface area contributed by atoms with Crippen LogP contribution in [0.5, 0.6) is 5.75 Å². The largest absolute Gasteiger partial charge is 0.495 e. The number of nitrogen functional groups attached to an aromatic ring is 1. The van der Waals surface area contributed by atoms with Crippen LogP contribution >= 0.6 is 0 Å². The fourth-order valence-electron chi connectivity index (χ4n) is 2.14. The Labute approximate surface area is 131 Å².